The van der Waals surface area contributed by atoms with Crippen LogP contribution in [-0.2, 0) is 5.41 Å². The summed E-state index contributed by atoms with van der Waals surface area (Å²) >= 11 is 0. The van der Waals surface area contributed by atoms with E-state index in [9.17, 15) is 0 Å². The molecule has 0 fully saturated rings. The van der Waals surface area contributed by atoms with Crippen molar-refractivity contribution in [2.24, 2.45) is 0 Å². The zero-order valence-electron chi connectivity index (χ0n) is 20.2. The summed E-state index contributed by atoms with van der Waals surface area (Å²) in [5.41, 5.74) is 12.0. The Kier molecular flexibility index (Phi) is 6.26. The number of hydrogen-bond donors (Lipinski definition) is 0. The van der Waals surface area contributed by atoms with Crippen molar-refractivity contribution in [2.75, 3.05) is 0 Å². The minimum atomic E-state index is -1.08. The second-order valence-electron chi connectivity index (χ2n) is 10.6. The fourth-order valence-corrected chi connectivity index (χ4v) is 10.3. The summed E-state index contributed by atoms with van der Waals surface area (Å²) in [4.78, 5) is 0. The van der Waals surface area contributed by atoms with Gasteiger partial charge in [0.2, 0.25) is 0 Å². The minimum absolute atomic E-state index is 0.191. The molecule has 0 amide bonds. The number of benzene rings is 2. The van der Waals surface area contributed by atoms with Gasteiger partial charge in [0.1, 0.15) is 0 Å². The maximum Gasteiger partial charge on any atom is 0.0621 e. The lowest BCUT2D eigenvalue weighted by molar-refractivity contribution is 0.590. The molecule has 0 N–H and O–H groups in total. The van der Waals surface area contributed by atoms with E-state index in [2.05, 4.69) is 108 Å². The van der Waals surface area contributed by atoms with Gasteiger partial charge in [0.25, 0.3) is 0 Å². The Morgan fingerprint density at radius 2 is 1.68 bits per heavy atom. The van der Waals surface area contributed by atoms with Gasteiger partial charge in [-0.2, -0.15) is 0 Å². The van der Waals surface area contributed by atoms with Crippen molar-refractivity contribution in [2.45, 2.75) is 76.9 Å². The molecule has 2 aromatic carbocycles. The molecule has 3 unspecified atom stereocenters. The number of hydrogen-bond acceptors (Lipinski definition) is 0. The van der Waals surface area contributed by atoms with Gasteiger partial charge in [-0.25, -0.2) is 0 Å². The Morgan fingerprint density at radius 1 is 0.935 bits per heavy atom. The second-order valence-corrected chi connectivity index (χ2v) is 13.9. The van der Waals surface area contributed by atoms with Crippen LogP contribution in [-0.4, -0.2) is 8.80 Å². The van der Waals surface area contributed by atoms with E-state index in [1.54, 1.807) is 16.7 Å². The summed E-state index contributed by atoms with van der Waals surface area (Å²) in [7, 11) is -1.08. The molecule has 3 atom stereocenters. The van der Waals surface area contributed by atoms with Gasteiger partial charge < -0.3 is 0 Å². The van der Waals surface area contributed by atoms with Crippen molar-refractivity contribution in [3.63, 3.8) is 0 Å². The van der Waals surface area contributed by atoms with Gasteiger partial charge in [0, 0.05) is 0 Å². The minimum Gasteiger partial charge on any atom is -0.0804 e. The summed E-state index contributed by atoms with van der Waals surface area (Å²) in [6, 6.07) is 17.7. The van der Waals surface area contributed by atoms with Crippen molar-refractivity contribution >= 4 is 14.9 Å². The maximum atomic E-state index is 2.51. The highest BCUT2D eigenvalue weighted by Gasteiger charge is 2.37. The Morgan fingerprint density at radius 3 is 2.29 bits per heavy atom. The van der Waals surface area contributed by atoms with E-state index in [1.807, 2.05) is 0 Å². The van der Waals surface area contributed by atoms with Crippen LogP contribution < -0.4 is 0 Å². The molecule has 2 aliphatic rings. The van der Waals surface area contributed by atoms with E-state index in [0.717, 1.165) is 0 Å². The topological polar surface area (TPSA) is 0 Å². The fourth-order valence-electron chi connectivity index (χ4n) is 5.61. The highest BCUT2D eigenvalue weighted by atomic mass is 28.3. The fraction of sp³-hybridized carbons (Fsp3) is 0.400. The molecule has 2 aromatic rings. The quantitative estimate of drug-likeness (QED) is 0.406. The molecule has 0 aliphatic heterocycles. The average molecular weight is 427 g/mol. The third-order valence-electron chi connectivity index (χ3n) is 7.38. The Balaban J connectivity index is 1.73. The van der Waals surface area contributed by atoms with Crippen LogP contribution >= 0.6 is 0 Å². The van der Waals surface area contributed by atoms with Crippen molar-refractivity contribution in [1.82, 2.24) is 0 Å². The normalized spacial score (nSPS) is 21.1. The van der Waals surface area contributed by atoms with E-state index in [-0.39, 0.29) is 5.41 Å². The molecule has 0 nitrogen and oxygen atoms in total. The van der Waals surface area contributed by atoms with E-state index in [0.29, 0.717) is 11.1 Å². The molecule has 4 rings (SSSR count). The average Bonchev–Trinajstić information content (AvgIpc) is 3.31. The van der Waals surface area contributed by atoms with Gasteiger partial charge in [0.05, 0.1) is 8.80 Å². The Hall–Kier alpha value is -2.12. The van der Waals surface area contributed by atoms with Crippen LogP contribution in [0.3, 0.4) is 0 Å². The Labute approximate surface area is 191 Å². The van der Waals surface area contributed by atoms with Crippen molar-refractivity contribution in [3.8, 4) is 11.1 Å². The molecule has 0 radical (unpaired) electrons. The molecular formula is C30H38Si. The molecule has 0 saturated heterocycles. The molecular weight excluding hydrogens is 388 g/mol. The van der Waals surface area contributed by atoms with Gasteiger partial charge in [-0.15, -0.1) is 0 Å². The molecule has 0 bridgehead atoms. The predicted octanol–water partition coefficient (Wildman–Crippen LogP) is 8.60. The van der Waals surface area contributed by atoms with Crippen molar-refractivity contribution < 1.29 is 0 Å². The lowest BCUT2D eigenvalue weighted by atomic mass is 9.86. The number of unbranched alkanes of at least 4 members (excludes halogenated alkanes) is 1. The first-order valence-corrected chi connectivity index (χ1v) is 14.2. The van der Waals surface area contributed by atoms with Gasteiger partial charge in [-0.1, -0.05) is 124 Å². The highest BCUT2D eigenvalue weighted by Crippen LogP contribution is 2.47. The first kappa shape index (κ1) is 22.1. The van der Waals surface area contributed by atoms with Crippen LogP contribution in [0.15, 0.2) is 71.8 Å². The van der Waals surface area contributed by atoms with Crippen LogP contribution in [0.25, 0.3) is 17.2 Å². The smallest absolute Gasteiger partial charge is 0.0621 e. The molecule has 0 heterocycles. The van der Waals surface area contributed by atoms with Crippen LogP contribution in [0.2, 0.25) is 11.6 Å². The Bertz CT molecular complexity index is 1030. The molecule has 0 spiro atoms. The van der Waals surface area contributed by atoms with E-state index < -0.39 is 8.80 Å². The standard InChI is InChI=1S/C30H38Si/c1-7-8-19-31(28-14-9-11-21(28)2)29-22(3)20-27-25(12-10-13-26(27)29)23-15-17-24(18-16-23)30(4,5)6/h9-18,20,28-29,31H,7-8,19H2,1-6H3. The number of fused-ring (bicyclic) bond motifs is 1. The maximum absolute atomic E-state index is 2.51. The third kappa shape index (κ3) is 4.30. The SMILES string of the molecule is CCCC[SiH](C1C=CC=C1C)C1C(C)=Cc2c(-c3ccc(C(C)(C)C)cc3)cccc21. The van der Waals surface area contributed by atoms with Crippen LogP contribution in [0, 0.1) is 0 Å². The lowest BCUT2D eigenvalue weighted by Gasteiger charge is -2.30. The molecule has 2 aliphatic carbocycles. The summed E-state index contributed by atoms with van der Waals surface area (Å²) in [6.07, 6.45) is 12.3. The van der Waals surface area contributed by atoms with E-state index >= 15 is 0 Å². The van der Waals surface area contributed by atoms with Gasteiger partial charge in [-0.3, -0.25) is 0 Å². The van der Waals surface area contributed by atoms with Crippen LogP contribution in [0.4, 0.5) is 0 Å². The first-order chi connectivity index (χ1) is 14.8. The molecule has 0 aromatic heterocycles. The summed E-state index contributed by atoms with van der Waals surface area (Å²) in [6.45, 7) is 13.9. The molecule has 1 heteroatoms. The predicted molar refractivity (Wildman–Crippen MR) is 140 cm³/mol. The van der Waals surface area contributed by atoms with Crippen molar-refractivity contribution in [3.05, 3.63) is 88.5 Å². The van der Waals surface area contributed by atoms with E-state index in [4.69, 9.17) is 0 Å². The zero-order chi connectivity index (χ0) is 22.2. The van der Waals surface area contributed by atoms with Crippen LogP contribution in [0.1, 0.15) is 76.6 Å². The number of rotatable bonds is 6. The molecule has 0 saturated carbocycles. The van der Waals surface area contributed by atoms with E-state index in [1.165, 1.54) is 41.1 Å². The third-order valence-corrected chi connectivity index (χ3v) is 11.9. The van der Waals surface area contributed by atoms with Gasteiger partial charge in [0.15, 0.2) is 0 Å². The summed E-state index contributed by atoms with van der Waals surface area (Å²) in [5, 5.41) is 0. The second kappa shape index (κ2) is 8.79. The lowest BCUT2D eigenvalue weighted by Crippen LogP contribution is -2.28. The summed E-state index contributed by atoms with van der Waals surface area (Å²) in [5.74, 6) is 0. The first-order valence-electron chi connectivity index (χ1n) is 12.1. The largest absolute Gasteiger partial charge is 0.0804 e. The zero-order valence-corrected chi connectivity index (χ0v) is 21.4. The highest BCUT2D eigenvalue weighted by molar-refractivity contribution is 6.64. The van der Waals surface area contributed by atoms with Crippen LogP contribution in [0.5, 0.6) is 0 Å². The van der Waals surface area contributed by atoms with Gasteiger partial charge >= 0.3 is 0 Å². The summed E-state index contributed by atoms with van der Waals surface area (Å²) < 4.78 is 0. The molecule has 162 valence electrons. The van der Waals surface area contributed by atoms with Crippen molar-refractivity contribution in [1.29, 1.82) is 0 Å². The number of allylic oxidation sites excluding steroid dienone is 5. The van der Waals surface area contributed by atoms with Gasteiger partial charge in [-0.05, 0) is 58.2 Å². The molecule has 31 heavy (non-hydrogen) atoms. The monoisotopic (exact) mass is 426 g/mol.